The van der Waals surface area contributed by atoms with Crippen molar-refractivity contribution in [1.82, 2.24) is 15.5 Å². The van der Waals surface area contributed by atoms with E-state index in [0.717, 1.165) is 6.42 Å². The Morgan fingerprint density at radius 2 is 2.20 bits per heavy atom. The SMILES string of the molecule is CC(NC(=O)CC1(C(=O)O)CCC1)c1nc(-c2cccc(F)c2)no1. The standard InChI is InChI=1S/C17H18FN3O4/c1-10(19-13(22)9-17(16(23)24)6-3-7-17)15-20-14(21-25-15)11-4-2-5-12(18)8-11/h2,4-5,8,10H,3,6-7,9H2,1H3,(H,19,22)(H,23,24). The monoisotopic (exact) mass is 347 g/mol. The van der Waals surface area contributed by atoms with Crippen molar-refractivity contribution >= 4 is 11.9 Å². The molecule has 25 heavy (non-hydrogen) atoms. The summed E-state index contributed by atoms with van der Waals surface area (Å²) in [6.45, 7) is 1.66. The molecule has 1 aliphatic carbocycles. The van der Waals surface area contributed by atoms with Gasteiger partial charge in [-0.15, -0.1) is 0 Å². The number of halogens is 1. The second kappa shape index (κ2) is 6.62. The molecule has 0 radical (unpaired) electrons. The van der Waals surface area contributed by atoms with Gasteiger partial charge in [0.2, 0.25) is 17.6 Å². The fourth-order valence-corrected chi connectivity index (χ4v) is 2.89. The van der Waals surface area contributed by atoms with Gasteiger partial charge in [0.05, 0.1) is 5.41 Å². The Morgan fingerprint density at radius 1 is 1.44 bits per heavy atom. The van der Waals surface area contributed by atoms with Crippen molar-refractivity contribution in [3.05, 3.63) is 36.0 Å². The van der Waals surface area contributed by atoms with E-state index in [1.54, 1.807) is 13.0 Å². The lowest BCUT2D eigenvalue weighted by Gasteiger charge is -2.37. The van der Waals surface area contributed by atoms with E-state index in [4.69, 9.17) is 4.52 Å². The average molecular weight is 347 g/mol. The zero-order valence-electron chi connectivity index (χ0n) is 13.7. The van der Waals surface area contributed by atoms with Crippen LogP contribution < -0.4 is 5.32 Å². The van der Waals surface area contributed by atoms with Crippen LogP contribution in [0.25, 0.3) is 11.4 Å². The number of nitrogens with zero attached hydrogens (tertiary/aromatic N) is 2. The topological polar surface area (TPSA) is 105 Å². The van der Waals surface area contributed by atoms with Gasteiger partial charge in [0.25, 0.3) is 0 Å². The number of nitrogens with one attached hydrogen (secondary N) is 1. The molecule has 0 spiro atoms. The second-order valence-electron chi connectivity index (χ2n) is 6.37. The van der Waals surface area contributed by atoms with Crippen molar-refractivity contribution in [1.29, 1.82) is 0 Å². The van der Waals surface area contributed by atoms with Crippen LogP contribution >= 0.6 is 0 Å². The van der Waals surface area contributed by atoms with Crippen LogP contribution in [-0.4, -0.2) is 27.1 Å². The smallest absolute Gasteiger partial charge is 0.310 e. The number of benzene rings is 1. The van der Waals surface area contributed by atoms with Gasteiger partial charge in [0.1, 0.15) is 11.9 Å². The van der Waals surface area contributed by atoms with Gasteiger partial charge in [-0.25, -0.2) is 4.39 Å². The average Bonchev–Trinajstić information content (AvgIpc) is 3.00. The molecule has 0 aliphatic heterocycles. The summed E-state index contributed by atoms with van der Waals surface area (Å²) < 4.78 is 18.4. The fraction of sp³-hybridized carbons (Fsp3) is 0.412. The summed E-state index contributed by atoms with van der Waals surface area (Å²) in [6, 6.07) is 5.20. The molecule has 1 atom stereocenters. The number of hydrogen-bond acceptors (Lipinski definition) is 5. The third-order valence-electron chi connectivity index (χ3n) is 4.54. The lowest BCUT2D eigenvalue weighted by Crippen LogP contribution is -2.43. The van der Waals surface area contributed by atoms with Gasteiger partial charge in [-0.05, 0) is 31.9 Å². The highest BCUT2D eigenvalue weighted by Gasteiger charge is 2.46. The molecule has 1 saturated carbocycles. The van der Waals surface area contributed by atoms with E-state index in [1.807, 2.05) is 0 Å². The molecule has 7 nitrogen and oxygen atoms in total. The van der Waals surface area contributed by atoms with Crippen LogP contribution in [0.15, 0.2) is 28.8 Å². The van der Waals surface area contributed by atoms with E-state index in [1.165, 1.54) is 18.2 Å². The summed E-state index contributed by atoms with van der Waals surface area (Å²) in [6.07, 6.45) is 1.76. The maximum atomic E-state index is 13.3. The minimum Gasteiger partial charge on any atom is -0.481 e. The number of carboxylic acids is 1. The third-order valence-corrected chi connectivity index (χ3v) is 4.54. The zero-order chi connectivity index (χ0) is 18.0. The number of rotatable bonds is 6. The molecule has 0 bridgehead atoms. The van der Waals surface area contributed by atoms with Gasteiger partial charge in [-0.2, -0.15) is 4.98 Å². The minimum absolute atomic E-state index is 0.0719. The van der Waals surface area contributed by atoms with E-state index >= 15 is 0 Å². The molecule has 2 aromatic rings. The Balaban J connectivity index is 1.65. The van der Waals surface area contributed by atoms with Crippen LogP contribution in [0.4, 0.5) is 4.39 Å². The molecule has 8 heteroatoms. The van der Waals surface area contributed by atoms with Crippen molar-refractivity contribution in [2.45, 2.75) is 38.6 Å². The lowest BCUT2D eigenvalue weighted by molar-refractivity contribution is -0.157. The van der Waals surface area contributed by atoms with Gasteiger partial charge >= 0.3 is 5.97 Å². The molecule has 3 rings (SSSR count). The number of carboxylic acid groups (broad SMARTS) is 1. The molecule has 1 aromatic carbocycles. The molecule has 1 amide bonds. The maximum absolute atomic E-state index is 13.3. The van der Waals surface area contributed by atoms with Crippen LogP contribution in [0.1, 0.15) is 44.5 Å². The molecule has 0 saturated heterocycles. The minimum atomic E-state index is -0.953. The summed E-state index contributed by atoms with van der Waals surface area (Å²) in [4.78, 5) is 27.6. The molecular weight excluding hydrogens is 329 g/mol. The van der Waals surface area contributed by atoms with Gasteiger partial charge < -0.3 is 14.9 Å². The Bertz CT molecular complexity index is 801. The number of amides is 1. The van der Waals surface area contributed by atoms with Crippen molar-refractivity contribution in [3.8, 4) is 11.4 Å². The first kappa shape index (κ1) is 17.1. The van der Waals surface area contributed by atoms with Gasteiger partial charge in [0.15, 0.2) is 0 Å². The first-order valence-corrected chi connectivity index (χ1v) is 8.02. The van der Waals surface area contributed by atoms with Gasteiger partial charge in [-0.3, -0.25) is 9.59 Å². The van der Waals surface area contributed by atoms with Crippen LogP contribution in [0, 0.1) is 11.2 Å². The predicted molar refractivity (Wildman–Crippen MR) is 84.8 cm³/mol. The molecule has 132 valence electrons. The third kappa shape index (κ3) is 3.52. The molecule has 1 aromatic heterocycles. The van der Waals surface area contributed by atoms with E-state index < -0.39 is 23.2 Å². The summed E-state index contributed by atoms with van der Waals surface area (Å²) in [5.74, 6) is -1.33. The number of hydrogen-bond donors (Lipinski definition) is 2. The summed E-state index contributed by atoms with van der Waals surface area (Å²) >= 11 is 0. The summed E-state index contributed by atoms with van der Waals surface area (Å²) in [5.41, 5.74) is -0.487. The first-order chi connectivity index (χ1) is 11.9. The zero-order valence-corrected chi connectivity index (χ0v) is 13.7. The van der Waals surface area contributed by atoms with Gasteiger partial charge in [0, 0.05) is 12.0 Å². The van der Waals surface area contributed by atoms with Crippen LogP contribution in [0.3, 0.4) is 0 Å². The molecule has 1 fully saturated rings. The van der Waals surface area contributed by atoms with Crippen molar-refractivity contribution in [3.63, 3.8) is 0 Å². The van der Waals surface area contributed by atoms with Crippen LogP contribution in [-0.2, 0) is 9.59 Å². The van der Waals surface area contributed by atoms with Crippen LogP contribution in [0.2, 0.25) is 0 Å². The highest BCUT2D eigenvalue weighted by atomic mass is 19.1. The normalized spacial score (nSPS) is 16.7. The quantitative estimate of drug-likeness (QED) is 0.832. The Labute approximate surface area is 143 Å². The second-order valence-corrected chi connectivity index (χ2v) is 6.37. The van der Waals surface area contributed by atoms with Gasteiger partial charge in [-0.1, -0.05) is 23.7 Å². The molecule has 2 N–H and O–H groups in total. The Kier molecular flexibility index (Phi) is 4.52. The number of carbonyl (C=O) groups is 2. The largest absolute Gasteiger partial charge is 0.481 e. The number of carbonyl (C=O) groups excluding carboxylic acids is 1. The van der Waals surface area contributed by atoms with E-state index in [-0.39, 0.29) is 24.0 Å². The molecule has 1 heterocycles. The molecular formula is C17H18FN3O4. The highest BCUT2D eigenvalue weighted by molar-refractivity contribution is 5.85. The Morgan fingerprint density at radius 3 is 2.80 bits per heavy atom. The Hall–Kier alpha value is -2.77. The molecule has 1 aliphatic rings. The highest BCUT2D eigenvalue weighted by Crippen LogP contribution is 2.44. The fourth-order valence-electron chi connectivity index (χ4n) is 2.89. The van der Waals surface area contributed by atoms with Crippen LogP contribution in [0.5, 0.6) is 0 Å². The van der Waals surface area contributed by atoms with E-state index in [2.05, 4.69) is 15.5 Å². The number of aliphatic carboxylic acids is 1. The predicted octanol–water partition coefficient (Wildman–Crippen LogP) is 2.70. The lowest BCUT2D eigenvalue weighted by atomic mass is 9.66. The summed E-state index contributed by atoms with van der Waals surface area (Å²) in [7, 11) is 0. The van der Waals surface area contributed by atoms with E-state index in [0.29, 0.717) is 18.4 Å². The van der Waals surface area contributed by atoms with Crippen molar-refractivity contribution in [2.24, 2.45) is 5.41 Å². The number of aromatic nitrogens is 2. The summed E-state index contributed by atoms with van der Waals surface area (Å²) in [5, 5.41) is 15.8. The maximum Gasteiger partial charge on any atom is 0.310 e. The molecule has 1 unspecified atom stereocenters. The first-order valence-electron chi connectivity index (χ1n) is 8.02. The van der Waals surface area contributed by atoms with E-state index in [9.17, 15) is 19.1 Å². The van der Waals surface area contributed by atoms with Crippen molar-refractivity contribution in [2.75, 3.05) is 0 Å². The van der Waals surface area contributed by atoms with Crippen molar-refractivity contribution < 1.29 is 23.6 Å².